The molecule has 2 heterocycles. The van der Waals surface area contributed by atoms with E-state index in [9.17, 15) is 9.59 Å². The summed E-state index contributed by atoms with van der Waals surface area (Å²) in [4.78, 5) is 25.3. The predicted molar refractivity (Wildman–Crippen MR) is 105 cm³/mol. The standard InChI is InChI=1S/C22H14O4S/c23-21(11-8-15-5-2-1-3-6-15)25-16-9-10-18-19(13-16)26-20(22(18)24)14-17-7-4-12-27-17/h1-14H. The van der Waals surface area contributed by atoms with Gasteiger partial charge >= 0.3 is 5.97 Å². The number of Topliss-reactive ketones (excluding diaryl/α,β-unsaturated/α-hetero) is 1. The van der Waals surface area contributed by atoms with Gasteiger partial charge < -0.3 is 9.47 Å². The molecule has 1 aromatic heterocycles. The molecule has 0 saturated carbocycles. The van der Waals surface area contributed by atoms with Crippen molar-refractivity contribution in [3.8, 4) is 11.5 Å². The fourth-order valence-electron chi connectivity index (χ4n) is 2.61. The van der Waals surface area contributed by atoms with E-state index in [-0.39, 0.29) is 11.5 Å². The second-order valence-corrected chi connectivity index (χ2v) is 6.76. The number of allylic oxidation sites excluding steroid dienone is 1. The summed E-state index contributed by atoms with van der Waals surface area (Å²) in [5, 5.41) is 1.93. The van der Waals surface area contributed by atoms with Gasteiger partial charge in [-0.05, 0) is 35.2 Å². The average molecular weight is 374 g/mol. The van der Waals surface area contributed by atoms with E-state index in [2.05, 4.69) is 0 Å². The SMILES string of the molecule is O=C(C=Cc1ccccc1)Oc1ccc2c(c1)OC(=Cc1cccs1)C2=O. The van der Waals surface area contributed by atoms with Gasteiger partial charge in [0, 0.05) is 23.1 Å². The van der Waals surface area contributed by atoms with E-state index in [0.29, 0.717) is 17.1 Å². The van der Waals surface area contributed by atoms with Crippen molar-refractivity contribution < 1.29 is 19.1 Å². The van der Waals surface area contributed by atoms with Gasteiger partial charge in [-0.3, -0.25) is 4.79 Å². The molecule has 0 aliphatic carbocycles. The van der Waals surface area contributed by atoms with Gasteiger partial charge in [0.2, 0.25) is 5.78 Å². The summed E-state index contributed by atoms with van der Waals surface area (Å²) in [7, 11) is 0. The van der Waals surface area contributed by atoms with Crippen molar-refractivity contribution in [2.24, 2.45) is 0 Å². The Morgan fingerprint density at radius 2 is 1.89 bits per heavy atom. The minimum Gasteiger partial charge on any atom is -0.452 e. The minimum absolute atomic E-state index is 0.180. The summed E-state index contributed by atoms with van der Waals surface area (Å²) in [5.74, 6) is 0.291. The van der Waals surface area contributed by atoms with Gasteiger partial charge in [0.05, 0.1) is 5.56 Å². The van der Waals surface area contributed by atoms with Crippen molar-refractivity contribution in [3.05, 3.63) is 93.9 Å². The zero-order valence-electron chi connectivity index (χ0n) is 14.1. The van der Waals surface area contributed by atoms with Crippen LogP contribution in [0.25, 0.3) is 12.2 Å². The number of benzene rings is 2. The molecular weight excluding hydrogens is 360 g/mol. The van der Waals surface area contributed by atoms with Crippen LogP contribution in [0.2, 0.25) is 0 Å². The van der Waals surface area contributed by atoms with Crippen molar-refractivity contribution in [1.82, 2.24) is 0 Å². The van der Waals surface area contributed by atoms with Crippen molar-refractivity contribution in [2.75, 3.05) is 0 Å². The molecule has 5 heteroatoms. The quantitative estimate of drug-likeness (QED) is 0.367. The summed E-state index contributed by atoms with van der Waals surface area (Å²) >= 11 is 1.52. The predicted octanol–water partition coefficient (Wildman–Crippen LogP) is 4.98. The van der Waals surface area contributed by atoms with E-state index in [1.165, 1.54) is 17.4 Å². The van der Waals surface area contributed by atoms with E-state index in [1.54, 1.807) is 30.4 Å². The fraction of sp³-hybridized carbons (Fsp3) is 0. The molecule has 0 radical (unpaired) electrons. The number of rotatable bonds is 4. The van der Waals surface area contributed by atoms with Crippen LogP contribution in [0.1, 0.15) is 20.8 Å². The van der Waals surface area contributed by atoms with Crippen LogP contribution in [0.5, 0.6) is 11.5 Å². The molecule has 0 saturated heterocycles. The Kier molecular flexibility index (Phi) is 4.68. The number of hydrogen-bond acceptors (Lipinski definition) is 5. The lowest BCUT2D eigenvalue weighted by Gasteiger charge is -2.03. The number of hydrogen-bond donors (Lipinski definition) is 0. The highest BCUT2D eigenvalue weighted by atomic mass is 32.1. The maximum atomic E-state index is 12.4. The topological polar surface area (TPSA) is 52.6 Å². The van der Waals surface area contributed by atoms with Gasteiger partial charge in [0.15, 0.2) is 5.76 Å². The Labute approximate surface area is 160 Å². The van der Waals surface area contributed by atoms with E-state index in [1.807, 2.05) is 47.8 Å². The second-order valence-electron chi connectivity index (χ2n) is 5.78. The molecule has 0 N–H and O–H groups in total. The van der Waals surface area contributed by atoms with E-state index < -0.39 is 5.97 Å². The largest absolute Gasteiger partial charge is 0.452 e. The molecule has 4 rings (SSSR count). The molecular formula is C22H14O4S. The van der Waals surface area contributed by atoms with Crippen molar-refractivity contribution >= 4 is 35.2 Å². The molecule has 1 aliphatic heterocycles. The maximum Gasteiger partial charge on any atom is 0.336 e. The molecule has 0 spiro atoms. The smallest absolute Gasteiger partial charge is 0.336 e. The van der Waals surface area contributed by atoms with Crippen LogP contribution in [0.4, 0.5) is 0 Å². The third kappa shape index (κ3) is 3.88. The minimum atomic E-state index is -0.502. The molecule has 0 amide bonds. The molecule has 0 atom stereocenters. The van der Waals surface area contributed by atoms with Crippen LogP contribution in [-0.2, 0) is 4.79 Å². The summed E-state index contributed by atoms with van der Waals surface area (Å²) < 4.78 is 11.0. The van der Waals surface area contributed by atoms with Gasteiger partial charge in [-0.15, -0.1) is 11.3 Å². The Bertz CT molecular complexity index is 1050. The van der Waals surface area contributed by atoms with Crippen LogP contribution in [-0.4, -0.2) is 11.8 Å². The highest BCUT2D eigenvalue weighted by Crippen LogP contribution is 2.35. The molecule has 0 bridgehead atoms. The van der Waals surface area contributed by atoms with Crippen molar-refractivity contribution in [1.29, 1.82) is 0 Å². The normalized spacial score (nSPS) is 14.4. The van der Waals surface area contributed by atoms with Crippen LogP contribution < -0.4 is 9.47 Å². The van der Waals surface area contributed by atoms with Gasteiger partial charge in [0.25, 0.3) is 0 Å². The molecule has 1 aliphatic rings. The third-order valence-corrected chi connectivity index (χ3v) is 4.71. The summed E-state index contributed by atoms with van der Waals surface area (Å²) in [6, 6.07) is 18.0. The molecule has 0 fully saturated rings. The first-order valence-electron chi connectivity index (χ1n) is 8.26. The summed E-state index contributed by atoms with van der Waals surface area (Å²) in [6.07, 6.45) is 4.75. The Morgan fingerprint density at radius 3 is 2.67 bits per heavy atom. The van der Waals surface area contributed by atoms with Crippen LogP contribution in [0.3, 0.4) is 0 Å². The Hall–Kier alpha value is -3.44. The number of carbonyl (C=O) groups excluding carboxylic acids is 2. The number of fused-ring (bicyclic) bond motifs is 1. The number of ketones is 1. The van der Waals surface area contributed by atoms with Gasteiger partial charge in [-0.1, -0.05) is 36.4 Å². The van der Waals surface area contributed by atoms with Gasteiger partial charge in [-0.25, -0.2) is 4.79 Å². The molecule has 27 heavy (non-hydrogen) atoms. The first-order chi connectivity index (χ1) is 13.2. The monoisotopic (exact) mass is 374 g/mol. The maximum absolute atomic E-state index is 12.4. The zero-order chi connectivity index (χ0) is 18.6. The third-order valence-electron chi connectivity index (χ3n) is 3.89. The second kappa shape index (κ2) is 7.43. The number of thiophene rings is 1. The van der Waals surface area contributed by atoms with Crippen LogP contribution in [0, 0.1) is 0 Å². The van der Waals surface area contributed by atoms with Gasteiger partial charge in [0.1, 0.15) is 11.5 Å². The Balaban J connectivity index is 1.48. The lowest BCUT2D eigenvalue weighted by molar-refractivity contribution is -0.128. The highest BCUT2D eigenvalue weighted by Gasteiger charge is 2.28. The van der Waals surface area contributed by atoms with Crippen LogP contribution >= 0.6 is 11.3 Å². The number of ether oxygens (including phenoxy) is 2. The van der Waals surface area contributed by atoms with Crippen LogP contribution in [0.15, 0.2) is 77.9 Å². The summed E-state index contributed by atoms with van der Waals surface area (Å²) in [6.45, 7) is 0. The fourth-order valence-corrected chi connectivity index (χ4v) is 3.26. The molecule has 132 valence electrons. The first-order valence-corrected chi connectivity index (χ1v) is 9.14. The van der Waals surface area contributed by atoms with E-state index in [0.717, 1.165) is 10.4 Å². The molecule has 2 aromatic carbocycles. The highest BCUT2D eigenvalue weighted by molar-refractivity contribution is 7.10. The molecule has 3 aromatic rings. The van der Waals surface area contributed by atoms with Gasteiger partial charge in [-0.2, -0.15) is 0 Å². The van der Waals surface area contributed by atoms with Crippen molar-refractivity contribution in [3.63, 3.8) is 0 Å². The molecule has 0 unspecified atom stereocenters. The average Bonchev–Trinajstić information content (AvgIpc) is 3.30. The first kappa shape index (κ1) is 17.0. The van der Waals surface area contributed by atoms with E-state index in [4.69, 9.17) is 9.47 Å². The number of carbonyl (C=O) groups is 2. The number of esters is 1. The lowest BCUT2D eigenvalue weighted by Crippen LogP contribution is -2.03. The van der Waals surface area contributed by atoms with E-state index >= 15 is 0 Å². The zero-order valence-corrected chi connectivity index (χ0v) is 14.9. The Morgan fingerprint density at radius 1 is 1.04 bits per heavy atom. The lowest BCUT2D eigenvalue weighted by atomic mass is 10.1. The molecule has 4 nitrogen and oxygen atoms in total. The summed E-state index contributed by atoms with van der Waals surface area (Å²) in [5.41, 5.74) is 1.36. The van der Waals surface area contributed by atoms with Crippen molar-refractivity contribution in [2.45, 2.75) is 0 Å².